The van der Waals surface area contributed by atoms with E-state index in [-0.39, 0.29) is 6.61 Å². The molecule has 0 radical (unpaired) electrons. The summed E-state index contributed by atoms with van der Waals surface area (Å²) in [5, 5.41) is 27.7. The Morgan fingerprint density at radius 1 is 1.62 bits per heavy atom. The number of hydrogen-bond acceptors (Lipinski definition) is 6. The quantitative estimate of drug-likeness (QED) is 0.752. The van der Waals surface area contributed by atoms with Gasteiger partial charge in [-0.1, -0.05) is 0 Å². The average Bonchev–Trinajstić information content (AvgIpc) is 2.75. The van der Waals surface area contributed by atoms with Crippen molar-refractivity contribution < 1.29 is 19.7 Å². The van der Waals surface area contributed by atoms with E-state index in [4.69, 9.17) is 5.26 Å². The molecule has 86 valence electrons. The van der Waals surface area contributed by atoms with Crippen molar-refractivity contribution in [1.82, 2.24) is 0 Å². The highest BCUT2D eigenvalue weighted by Crippen LogP contribution is 2.25. The Labute approximate surface area is 96.5 Å². The van der Waals surface area contributed by atoms with E-state index >= 15 is 0 Å². The number of aliphatic hydroxyl groups is 2. The van der Waals surface area contributed by atoms with Gasteiger partial charge in [0.2, 0.25) is 0 Å². The van der Waals surface area contributed by atoms with E-state index in [0.29, 0.717) is 9.75 Å². The third-order valence-corrected chi connectivity index (χ3v) is 2.92. The van der Waals surface area contributed by atoms with Gasteiger partial charge < -0.3 is 14.9 Å². The molecule has 0 aliphatic heterocycles. The van der Waals surface area contributed by atoms with Crippen LogP contribution in [-0.4, -0.2) is 28.9 Å². The molecule has 2 unspecified atom stereocenters. The maximum absolute atomic E-state index is 11.1. The van der Waals surface area contributed by atoms with E-state index in [0.717, 1.165) is 11.3 Å². The summed E-state index contributed by atoms with van der Waals surface area (Å²) in [6, 6.07) is 4.92. The summed E-state index contributed by atoms with van der Waals surface area (Å²) in [6.07, 6.45) is -2.98. The average molecular weight is 241 g/mol. The van der Waals surface area contributed by atoms with E-state index in [1.807, 2.05) is 6.07 Å². The first-order valence-corrected chi connectivity index (χ1v) is 5.44. The van der Waals surface area contributed by atoms with Crippen LogP contribution in [0.5, 0.6) is 0 Å². The summed E-state index contributed by atoms with van der Waals surface area (Å²) < 4.78 is 4.57. The van der Waals surface area contributed by atoms with Crippen LogP contribution < -0.4 is 0 Å². The van der Waals surface area contributed by atoms with Gasteiger partial charge in [-0.2, -0.15) is 5.26 Å². The highest BCUT2D eigenvalue weighted by molar-refractivity contribution is 7.12. The van der Waals surface area contributed by atoms with E-state index in [9.17, 15) is 15.0 Å². The van der Waals surface area contributed by atoms with Gasteiger partial charge >= 0.3 is 5.97 Å². The molecule has 0 aliphatic rings. The van der Waals surface area contributed by atoms with Gasteiger partial charge in [0, 0.05) is 4.88 Å². The van der Waals surface area contributed by atoms with Gasteiger partial charge in [0.05, 0.1) is 6.61 Å². The maximum atomic E-state index is 11.1. The zero-order chi connectivity index (χ0) is 12.1. The molecule has 1 aromatic rings. The molecule has 1 heterocycles. The Morgan fingerprint density at radius 2 is 2.31 bits per heavy atom. The zero-order valence-corrected chi connectivity index (χ0v) is 9.40. The van der Waals surface area contributed by atoms with Gasteiger partial charge in [0.1, 0.15) is 17.1 Å². The van der Waals surface area contributed by atoms with Gasteiger partial charge in [-0.15, -0.1) is 11.3 Å². The minimum Gasteiger partial charge on any atom is -0.464 e. The molecule has 0 amide bonds. The van der Waals surface area contributed by atoms with E-state index in [1.165, 1.54) is 12.1 Å². The molecular weight excluding hydrogens is 230 g/mol. The molecule has 0 spiro atoms. The number of aliphatic hydroxyl groups excluding tert-OH is 2. The molecule has 0 bridgehead atoms. The van der Waals surface area contributed by atoms with Gasteiger partial charge in [-0.25, -0.2) is 4.79 Å². The molecule has 2 atom stereocenters. The smallest absolute Gasteiger partial charge is 0.338 e. The molecule has 1 rings (SSSR count). The Hall–Kier alpha value is -1.42. The van der Waals surface area contributed by atoms with Gasteiger partial charge in [-0.3, -0.25) is 0 Å². The summed E-state index contributed by atoms with van der Waals surface area (Å²) in [4.78, 5) is 11.9. The maximum Gasteiger partial charge on any atom is 0.338 e. The molecule has 16 heavy (non-hydrogen) atoms. The fourth-order valence-electron chi connectivity index (χ4n) is 1.08. The van der Waals surface area contributed by atoms with Gasteiger partial charge in [0.25, 0.3) is 0 Å². The zero-order valence-electron chi connectivity index (χ0n) is 8.58. The molecule has 5 nitrogen and oxygen atoms in total. The first-order chi connectivity index (χ1) is 7.60. The Bertz CT molecular complexity index is 409. The Balaban J connectivity index is 2.74. The lowest BCUT2D eigenvalue weighted by Crippen LogP contribution is -2.29. The second-order valence-electron chi connectivity index (χ2n) is 2.96. The van der Waals surface area contributed by atoms with Crippen molar-refractivity contribution >= 4 is 17.3 Å². The number of nitrogens with zero attached hydrogens (tertiary/aromatic N) is 1. The first kappa shape index (κ1) is 12.6. The molecular formula is C10H11NO4S. The molecule has 0 saturated heterocycles. The summed E-state index contributed by atoms with van der Waals surface area (Å²) in [6.45, 7) is 1.74. The number of nitriles is 1. The summed E-state index contributed by atoms with van der Waals surface area (Å²) in [5.74, 6) is -0.873. The van der Waals surface area contributed by atoms with Gasteiger partial charge in [-0.05, 0) is 19.1 Å². The van der Waals surface area contributed by atoms with Gasteiger partial charge in [0.15, 0.2) is 6.10 Å². The predicted molar refractivity (Wildman–Crippen MR) is 56.6 cm³/mol. The van der Waals surface area contributed by atoms with Crippen LogP contribution in [0.2, 0.25) is 0 Å². The molecule has 2 N–H and O–H groups in total. The molecule has 0 aliphatic carbocycles. The number of hydrogen-bond donors (Lipinski definition) is 2. The lowest BCUT2D eigenvalue weighted by molar-refractivity contribution is -0.159. The van der Waals surface area contributed by atoms with Crippen LogP contribution in [0.15, 0.2) is 12.1 Å². The lowest BCUT2D eigenvalue weighted by atomic mass is 10.2. The van der Waals surface area contributed by atoms with Crippen LogP contribution in [-0.2, 0) is 9.53 Å². The fraction of sp³-hybridized carbons (Fsp3) is 0.400. The van der Waals surface area contributed by atoms with Crippen molar-refractivity contribution in [3.63, 3.8) is 0 Å². The topological polar surface area (TPSA) is 90.6 Å². The van der Waals surface area contributed by atoms with E-state index in [1.54, 1.807) is 6.92 Å². The minimum absolute atomic E-state index is 0.135. The molecule has 0 fully saturated rings. The molecule has 0 aromatic carbocycles. The number of thiophene rings is 1. The van der Waals surface area contributed by atoms with Crippen molar-refractivity contribution in [3.05, 3.63) is 21.9 Å². The number of ether oxygens (including phenoxy) is 1. The van der Waals surface area contributed by atoms with Crippen LogP contribution in [0.25, 0.3) is 0 Å². The van der Waals surface area contributed by atoms with Crippen molar-refractivity contribution in [2.24, 2.45) is 0 Å². The highest BCUT2D eigenvalue weighted by Gasteiger charge is 2.27. The third-order valence-electron chi connectivity index (χ3n) is 1.86. The monoisotopic (exact) mass is 241 g/mol. The van der Waals surface area contributed by atoms with E-state index < -0.39 is 18.2 Å². The number of carbonyl (C=O) groups excluding carboxylic acids is 1. The second-order valence-corrected chi connectivity index (χ2v) is 4.07. The minimum atomic E-state index is -1.62. The Morgan fingerprint density at radius 3 is 2.81 bits per heavy atom. The number of rotatable bonds is 4. The highest BCUT2D eigenvalue weighted by atomic mass is 32.1. The molecule has 0 saturated carbocycles. The van der Waals surface area contributed by atoms with Crippen molar-refractivity contribution in [2.75, 3.05) is 6.61 Å². The SMILES string of the molecule is CCOC(=O)C(O)C(O)c1ccc(C#N)s1. The van der Waals surface area contributed by atoms with Crippen LogP contribution in [0.3, 0.4) is 0 Å². The van der Waals surface area contributed by atoms with Crippen molar-refractivity contribution in [3.8, 4) is 6.07 Å². The summed E-state index contributed by atoms with van der Waals surface area (Å²) in [7, 11) is 0. The lowest BCUT2D eigenvalue weighted by Gasteiger charge is -2.14. The van der Waals surface area contributed by atoms with Crippen LogP contribution in [0, 0.1) is 11.3 Å². The van der Waals surface area contributed by atoms with Crippen LogP contribution in [0.1, 0.15) is 22.8 Å². The largest absolute Gasteiger partial charge is 0.464 e. The predicted octanol–water partition coefficient (Wildman–Crippen LogP) is 0.577. The molecule has 1 aromatic heterocycles. The third kappa shape index (κ3) is 2.79. The standard InChI is InChI=1S/C10H11NO4S/c1-2-15-10(14)9(13)8(12)7-4-3-6(5-11)16-7/h3-4,8-9,12-13H,2H2,1H3. The normalized spacial score (nSPS) is 13.9. The van der Waals surface area contributed by atoms with Crippen molar-refractivity contribution in [2.45, 2.75) is 19.1 Å². The van der Waals surface area contributed by atoms with Crippen LogP contribution >= 0.6 is 11.3 Å². The van der Waals surface area contributed by atoms with Crippen molar-refractivity contribution in [1.29, 1.82) is 5.26 Å². The fourth-order valence-corrected chi connectivity index (χ4v) is 1.91. The Kier molecular flexibility index (Phi) is 4.43. The number of carbonyl (C=O) groups is 1. The first-order valence-electron chi connectivity index (χ1n) is 4.62. The van der Waals surface area contributed by atoms with E-state index in [2.05, 4.69) is 4.74 Å². The molecule has 6 heteroatoms. The summed E-state index contributed by atoms with van der Waals surface area (Å²) in [5.41, 5.74) is 0. The second kappa shape index (κ2) is 5.61. The number of esters is 1. The summed E-state index contributed by atoms with van der Waals surface area (Å²) >= 11 is 1.03. The van der Waals surface area contributed by atoms with Crippen LogP contribution in [0.4, 0.5) is 0 Å².